The summed E-state index contributed by atoms with van der Waals surface area (Å²) in [6.07, 6.45) is 4.63. The molecule has 19 heavy (non-hydrogen) atoms. The molecule has 0 aromatic heterocycles. The Morgan fingerprint density at radius 1 is 1.26 bits per heavy atom. The van der Waals surface area contributed by atoms with Crippen LogP contribution in [0.3, 0.4) is 0 Å². The van der Waals surface area contributed by atoms with Gasteiger partial charge in [0.2, 0.25) is 0 Å². The summed E-state index contributed by atoms with van der Waals surface area (Å²) in [5.41, 5.74) is 1.95. The maximum atomic E-state index is 9.61. The monoisotopic (exact) mass is 281 g/mol. The average molecular weight is 282 g/mol. The second-order valence-corrected chi connectivity index (χ2v) is 6.31. The van der Waals surface area contributed by atoms with E-state index in [2.05, 4.69) is 24.9 Å². The van der Waals surface area contributed by atoms with Gasteiger partial charge in [0, 0.05) is 23.8 Å². The second kappa shape index (κ2) is 6.15. The molecule has 1 fully saturated rings. The second-order valence-electron chi connectivity index (χ2n) is 5.91. The summed E-state index contributed by atoms with van der Waals surface area (Å²) in [6.45, 7) is 4.08. The number of halogens is 1. The molecular formula is C16H24ClNO. The van der Waals surface area contributed by atoms with Crippen molar-refractivity contribution in [2.75, 3.05) is 11.9 Å². The lowest BCUT2D eigenvalue weighted by atomic mass is 9.86. The highest BCUT2D eigenvalue weighted by molar-refractivity contribution is 6.31. The number of aliphatic hydroxyl groups is 1. The van der Waals surface area contributed by atoms with Crippen LogP contribution in [0.25, 0.3) is 0 Å². The van der Waals surface area contributed by atoms with Gasteiger partial charge in [-0.3, -0.25) is 0 Å². The van der Waals surface area contributed by atoms with E-state index < -0.39 is 6.10 Å². The Hall–Kier alpha value is -0.730. The van der Waals surface area contributed by atoms with Crippen LogP contribution in [-0.2, 0) is 0 Å². The highest BCUT2D eigenvalue weighted by atomic mass is 35.5. The molecule has 0 radical (unpaired) electrons. The highest BCUT2D eigenvalue weighted by Gasteiger charge is 2.22. The van der Waals surface area contributed by atoms with Crippen molar-refractivity contribution in [2.45, 2.75) is 51.7 Å². The van der Waals surface area contributed by atoms with Crippen molar-refractivity contribution in [3.63, 3.8) is 0 Å². The van der Waals surface area contributed by atoms with Crippen molar-refractivity contribution in [2.24, 2.45) is 5.92 Å². The van der Waals surface area contributed by atoms with Gasteiger partial charge in [0.05, 0.1) is 6.10 Å². The van der Waals surface area contributed by atoms with E-state index >= 15 is 0 Å². The molecule has 1 N–H and O–H groups in total. The van der Waals surface area contributed by atoms with Crippen molar-refractivity contribution < 1.29 is 5.11 Å². The Balaban J connectivity index is 2.11. The number of hydrogen-bond donors (Lipinski definition) is 1. The fourth-order valence-electron chi connectivity index (χ4n) is 2.91. The Morgan fingerprint density at radius 2 is 1.89 bits per heavy atom. The number of anilines is 1. The van der Waals surface area contributed by atoms with Crippen molar-refractivity contribution in [3.05, 3.63) is 28.8 Å². The van der Waals surface area contributed by atoms with E-state index in [1.54, 1.807) is 6.92 Å². The summed E-state index contributed by atoms with van der Waals surface area (Å²) >= 11 is 6.24. The van der Waals surface area contributed by atoms with Gasteiger partial charge in [-0.25, -0.2) is 0 Å². The van der Waals surface area contributed by atoms with Crippen LogP contribution < -0.4 is 4.90 Å². The largest absolute Gasteiger partial charge is 0.389 e. The first kappa shape index (κ1) is 14.7. The molecule has 1 unspecified atom stereocenters. The number of hydrogen-bond acceptors (Lipinski definition) is 2. The number of benzene rings is 1. The van der Waals surface area contributed by atoms with Gasteiger partial charge in [-0.1, -0.05) is 24.6 Å². The average Bonchev–Trinajstić information content (AvgIpc) is 2.38. The van der Waals surface area contributed by atoms with Crippen LogP contribution in [0.2, 0.25) is 5.02 Å². The van der Waals surface area contributed by atoms with Crippen molar-refractivity contribution in [1.82, 2.24) is 0 Å². The van der Waals surface area contributed by atoms with Crippen LogP contribution in [0.4, 0.5) is 5.69 Å². The maximum absolute atomic E-state index is 9.61. The SMILES string of the molecule is CC1CCC(N(C)c2ccc(C(C)O)c(Cl)c2)CC1. The van der Waals surface area contributed by atoms with Gasteiger partial charge < -0.3 is 10.0 Å². The Labute approximate surface area is 121 Å². The first-order valence-corrected chi connectivity index (χ1v) is 7.57. The zero-order valence-corrected chi connectivity index (χ0v) is 12.8. The van der Waals surface area contributed by atoms with E-state index in [0.717, 1.165) is 17.2 Å². The van der Waals surface area contributed by atoms with Gasteiger partial charge in [-0.15, -0.1) is 0 Å². The lowest BCUT2D eigenvalue weighted by Gasteiger charge is -2.35. The molecule has 3 heteroatoms. The molecule has 2 rings (SSSR count). The van der Waals surface area contributed by atoms with Crippen LogP contribution in [0.5, 0.6) is 0 Å². The van der Waals surface area contributed by atoms with Gasteiger partial charge in [0.25, 0.3) is 0 Å². The molecular weight excluding hydrogens is 258 g/mol. The third-order valence-electron chi connectivity index (χ3n) is 4.37. The quantitative estimate of drug-likeness (QED) is 0.887. The molecule has 1 atom stereocenters. The van der Waals surface area contributed by atoms with Crippen LogP contribution in [0.15, 0.2) is 18.2 Å². The summed E-state index contributed by atoms with van der Waals surface area (Å²) in [5, 5.41) is 10.3. The lowest BCUT2D eigenvalue weighted by molar-refractivity contribution is 0.199. The summed E-state index contributed by atoms with van der Waals surface area (Å²) in [7, 11) is 2.15. The maximum Gasteiger partial charge on any atom is 0.0776 e. The molecule has 106 valence electrons. The minimum absolute atomic E-state index is 0.512. The molecule has 0 amide bonds. The number of rotatable bonds is 3. The summed E-state index contributed by atoms with van der Waals surface area (Å²) < 4.78 is 0. The van der Waals surface area contributed by atoms with E-state index in [9.17, 15) is 5.11 Å². The van der Waals surface area contributed by atoms with Crippen LogP contribution in [0.1, 0.15) is 51.2 Å². The molecule has 1 aromatic rings. The predicted molar refractivity (Wildman–Crippen MR) is 81.9 cm³/mol. The minimum atomic E-state index is -0.512. The molecule has 1 saturated carbocycles. The third-order valence-corrected chi connectivity index (χ3v) is 4.70. The molecule has 0 bridgehead atoms. The van der Waals surface area contributed by atoms with Crippen molar-refractivity contribution in [3.8, 4) is 0 Å². The Kier molecular flexibility index (Phi) is 4.75. The highest BCUT2D eigenvalue weighted by Crippen LogP contribution is 2.32. The van der Waals surface area contributed by atoms with Gasteiger partial charge in [-0.05, 0) is 56.2 Å². The van der Waals surface area contributed by atoms with Crippen molar-refractivity contribution in [1.29, 1.82) is 0 Å². The van der Waals surface area contributed by atoms with Crippen LogP contribution in [-0.4, -0.2) is 18.2 Å². The Bertz CT molecular complexity index is 425. The van der Waals surface area contributed by atoms with Gasteiger partial charge in [0.1, 0.15) is 0 Å². The first-order valence-electron chi connectivity index (χ1n) is 7.19. The molecule has 1 aromatic carbocycles. The van der Waals surface area contributed by atoms with Gasteiger partial charge in [0.15, 0.2) is 0 Å². The molecule has 0 spiro atoms. The summed E-state index contributed by atoms with van der Waals surface area (Å²) in [4.78, 5) is 2.34. The molecule has 1 aliphatic carbocycles. The lowest BCUT2D eigenvalue weighted by Crippen LogP contribution is -2.34. The molecule has 0 aliphatic heterocycles. The normalized spacial score (nSPS) is 25.1. The Morgan fingerprint density at radius 3 is 2.42 bits per heavy atom. The molecule has 2 nitrogen and oxygen atoms in total. The van der Waals surface area contributed by atoms with E-state index in [1.165, 1.54) is 25.7 Å². The van der Waals surface area contributed by atoms with E-state index in [0.29, 0.717) is 11.1 Å². The fraction of sp³-hybridized carbons (Fsp3) is 0.625. The summed E-state index contributed by atoms with van der Waals surface area (Å²) in [6, 6.07) is 6.59. The molecule has 0 heterocycles. The first-order chi connectivity index (χ1) is 8.99. The van der Waals surface area contributed by atoms with E-state index in [-0.39, 0.29) is 0 Å². The smallest absolute Gasteiger partial charge is 0.0776 e. The van der Waals surface area contributed by atoms with Gasteiger partial charge >= 0.3 is 0 Å². The standard InChI is InChI=1S/C16H24ClNO/c1-11-4-6-13(7-5-11)18(3)14-8-9-15(12(2)19)16(17)10-14/h8-13,19H,4-7H2,1-3H3. The predicted octanol–water partition coefficient (Wildman–Crippen LogP) is 4.41. The summed E-state index contributed by atoms with van der Waals surface area (Å²) in [5.74, 6) is 0.867. The van der Waals surface area contributed by atoms with Crippen LogP contribution >= 0.6 is 11.6 Å². The fourth-order valence-corrected chi connectivity index (χ4v) is 3.25. The minimum Gasteiger partial charge on any atom is -0.389 e. The van der Waals surface area contributed by atoms with E-state index in [1.807, 2.05) is 12.1 Å². The molecule has 1 aliphatic rings. The number of aliphatic hydroxyl groups excluding tert-OH is 1. The topological polar surface area (TPSA) is 23.5 Å². The van der Waals surface area contributed by atoms with Crippen molar-refractivity contribution >= 4 is 17.3 Å². The number of nitrogens with zero attached hydrogens (tertiary/aromatic N) is 1. The molecule has 0 saturated heterocycles. The zero-order valence-electron chi connectivity index (χ0n) is 12.1. The third kappa shape index (κ3) is 3.43. The zero-order chi connectivity index (χ0) is 14.0. The van der Waals surface area contributed by atoms with E-state index in [4.69, 9.17) is 11.6 Å². The van der Waals surface area contributed by atoms with Gasteiger partial charge in [-0.2, -0.15) is 0 Å². The van der Waals surface area contributed by atoms with Crippen LogP contribution in [0, 0.1) is 5.92 Å².